The SMILES string of the molecule is CCOc1ccc2nc(NC(=O)CSc3nnc(COc4ccnc5ccc(-c6cc7ccccc7s6)cc45)o3)sc2c1. The third-order valence-corrected chi connectivity index (χ3v) is 9.37. The molecule has 0 saturated heterocycles. The van der Waals surface area contributed by atoms with Gasteiger partial charge in [-0.2, -0.15) is 0 Å². The van der Waals surface area contributed by atoms with Crippen LogP contribution in [0, 0.1) is 0 Å². The summed E-state index contributed by atoms with van der Waals surface area (Å²) in [6.45, 7) is 2.61. The van der Waals surface area contributed by atoms with Crippen LogP contribution in [0.15, 0.2) is 88.6 Å². The van der Waals surface area contributed by atoms with Gasteiger partial charge in [0.1, 0.15) is 11.5 Å². The summed E-state index contributed by atoms with van der Waals surface area (Å²) in [5.74, 6) is 1.63. The van der Waals surface area contributed by atoms with Crippen molar-refractivity contribution in [3.63, 3.8) is 0 Å². The molecule has 0 spiro atoms. The quantitative estimate of drug-likeness (QED) is 0.152. The predicted molar refractivity (Wildman–Crippen MR) is 171 cm³/mol. The molecule has 12 heteroatoms. The molecule has 0 aliphatic carbocycles. The maximum absolute atomic E-state index is 12.5. The van der Waals surface area contributed by atoms with Gasteiger partial charge in [-0.15, -0.1) is 21.5 Å². The molecule has 1 N–H and O–H groups in total. The molecule has 7 rings (SSSR count). The number of fused-ring (bicyclic) bond motifs is 3. The largest absolute Gasteiger partial charge is 0.494 e. The number of nitrogens with one attached hydrogen (secondary N) is 1. The Morgan fingerprint density at radius 2 is 1.86 bits per heavy atom. The minimum Gasteiger partial charge on any atom is -0.494 e. The van der Waals surface area contributed by atoms with Gasteiger partial charge in [-0.05, 0) is 66.4 Å². The molecule has 0 saturated carbocycles. The van der Waals surface area contributed by atoms with Crippen molar-refractivity contribution in [2.75, 3.05) is 17.7 Å². The number of pyridine rings is 1. The van der Waals surface area contributed by atoms with E-state index in [4.69, 9.17) is 13.9 Å². The first-order valence-corrected chi connectivity index (χ1v) is 16.0. The second kappa shape index (κ2) is 12.0. The summed E-state index contributed by atoms with van der Waals surface area (Å²) >= 11 is 4.30. The highest BCUT2D eigenvalue weighted by atomic mass is 32.2. The fourth-order valence-electron chi connectivity index (χ4n) is 4.52. The van der Waals surface area contributed by atoms with Crippen molar-refractivity contribution in [3.8, 4) is 21.9 Å². The zero-order valence-electron chi connectivity index (χ0n) is 22.8. The van der Waals surface area contributed by atoms with E-state index in [2.05, 4.69) is 61.9 Å². The molecule has 43 heavy (non-hydrogen) atoms. The molecule has 0 aliphatic heterocycles. The third kappa shape index (κ3) is 6.03. The van der Waals surface area contributed by atoms with Crippen LogP contribution >= 0.6 is 34.4 Å². The number of aromatic nitrogens is 4. The van der Waals surface area contributed by atoms with Crippen LogP contribution in [0.3, 0.4) is 0 Å². The monoisotopic (exact) mass is 625 g/mol. The van der Waals surface area contributed by atoms with Crippen LogP contribution in [0.4, 0.5) is 5.13 Å². The molecule has 214 valence electrons. The van der Waals surface area contributed by atoms with Gasteiger partial charge < -0.3 is 19.2 Å². The number of anilines is 1. The maximum atomic E-state index is 12.5. The molecule has 1 amide bonds. The summed E-state index contributed by atoms with van der Waals surface area (Å²) in [6, 6.07) is 24.2. The summed E-state index contributed by atoms with van der Waals surface area (Å²) in [6.07, 6.45) is 1.72. The molecule has 0 atom stereocenters. The van der Waals surface area contributed by atoms with E-state index in [0.717, 1.165) is 44.2 Å². The predicted octanol–water partition coefficient (Wildman–Crippen LogP) is 7.82. The number of thiazole rings is 1. The van der Waals surface area contributed by atoms with Crippen LogP contribution in [0.5, 0.6) is 11.5 Å². The van der Waals surface area contributed by atoms with Crippen molar-refractivity contribution < 1.29 is 18.7 Å². The maximum Gasteiger partial charge on any atom is 0.277 e. The van der Waals surface area contributed by atoms with Gasteiger partial charge >= 0.3 is 0 Å². The number of carbonyl (C=O) groups excluding carboxylic acids is 1. The first kappa shape index (κ1) is 27.3. The Labute approximate surface area is 257 Å². The Kier molecular flexibility index (Phi) is 7.62. The van der Waals surface area contributed by atoms with Crippen LogP contribution in [0.2, 0.25) is 0 Å². The Morgan fingerprint density at radius 1 is 0.953 bits per heavy atom. The Hall–Kier alpha value is -4.52. The van der Waals surface area contributed by atoms with Gasteiger partial charge in [0.2, 0.25) is 5.91 Å². The number of hydrogen-bond donors (Lipinski definition) is 1. The molecular formula is C31H23N5O4S3. The topological polar surface area (TPSA) is 112 Å². The van der Waals surface area contributed by atoms with Crippen molar-refractivity contribution in [1.82, 2.24) is 20.2 Å². The van der Waals surface area contributed by atoms with Crippen LogP contribution in [-0.4, -0.2) is 38.4 Å². The molecule has 4 heterocycles. The van der Waals surface area contributed by atoms with E-state index in [-0.39, 0.29) is 23.5 Å². The van der Waals surface area contributed by atoms with Crippen molar-refractivity contribution in [2.24, 2.45) is 0 Å². The number of thioether (sulfide) groups is 1. The summed E-state index contributed by atoms with van der Waals surface area (Å²) in [5, 5.41) is 13.9. The fourth-order valence-corrected chi connectivity index (χ4v) is 7.07. The minimum atomic E-state index is -0.220. The lowest BCUT2D eigenvalue weighted by Crippen LogP contribution is -2.13. The third-order valence-electron chi connectivity index (χ3n) is 6.46. The van der Waals surface area contributed by atoms with Gasteiger partial charge in [0, 0.05) is 21.2 Å². The van der Waals surface area contributed by atoms with E-state index < -0.39 is 0 Å². The standard InChI is InChI=1S/C31H23N5O4S3/c1-2-38-20-8-10-23-27(15-20)43-30(33-23)34-28(37)17-41-31-36-35-29(40-31)16-39-24-11-12-32-22-9-7-19(13-21(22)24)26-14-18-5-3-4-6-25(18)42-26/h3-15H,2,16-17H2,1H3,(H,33,34,37). The number of rotatable bonds is 10. The molecule has 0 radical (unpaired) electrons. The molecule has 0 bridgehead atoms. The zero-order chi connectivity index (χ0) is 29.2. The molecular weight excluding hydrogens is 603 g/mol. The number of hydrogen-bond acceptors (Lipinski definition) is 11. The van der Waals surface area contributed by atoms with Gasteiger partial charge in [0.25, 0.3) is 11.1 Å². The van der Waals surface area contributed by atoms with Crippen LogP contribution < -0.4 is 14.8 Å². The minimum absolute atomic E-state index is 0.0847. The number of ether oxygens (including phenoxy) is 2. The lowest BCUT2D eigenvalue weighted by molar-refractivity contribution is -0.113. The second-order valence-electron chi connectivity index (χ2n) is 9.36. The summed E-state index contributed by atoms with van der Waals surface area (Å²) in [5.41, 5.74) is 2.73. The number of amides is 1. The Morgan fingerprint density at radius 3 is 2.77 bits per heavy atom. The van der Waals surface area contributed by atoms with Crippen LogP contribution in [0.1, 0.15) is 12.8 Å². The van der Waals surface area contributed by atoms with Gasteiger partial charge in [-0.1, -0.05) is 47.4 Å². The van der Waals surface area contributed by atoms with E-state index in [1.165, 1.54) is 26.3 Å². The van der Waals surface area contributed by atoms with E-state index in [9.17, 15) is 4.79 Å². The van der Waals surface area contributed by atoms with Gasteiger partial charge in [0.05, 0.1) is 28.1 Å². The molecule has 4 aromatic heterocycles. The average Bonchev–Trinajstić information content (AvgIpc) is 3.76. The Bertz CT molecular complexity index is 2050. The summed E-state index contributed by atoms with van der Waals surface area (Å²) in [7, 11) is 0. The molecule has 3 aromatic carbocycles. The smallest absolute Gasteiger partial charge is 0.277 e. The highest BCUT2D eigenvalue weighted by Crippen LogP contribution is 2.36. The van der Waals surface area contributed by atoms with Crippen molar-refractivity contribution >= 4 is 76.7 Å². The van der Waals surface area contributed by atoms with Gasteiger partial charge in [-0.25, -0.2) is 4.98 Å². The molecule has 0 unspecified atom stereocenters. The highest BCUT2D eigenvalue weighted by Gasteiger charge is 2.14. The Balaban J connectivity index is 0.978. The van der Waals surface area contributed by atoms with Crippen molar-refractivity contribution in [1.29, 1.82) is 0 Å². The second-order valence-corrected chi connectivity index (χ2v) is 12.4. The van der Waals surface area contributed by atoms with Crippen LogP contribution in [0.25, 0.3) is 41.6 Å². The van der Waals surface area contributed by atoms with Crippen LogP contribution in [-0.2, 0) is 11.4 Å². The lowest BCUT2D eigenvalue weighted by atomic mass is 10.1. The van der Waals surface area contributed by atoms with E-state index in [0.29, 0.717) is 23.4 Å². The van der Waals surface area contributed by atoms with E-state index in [1.54, 1.807) is 17.5 Å². The van der Waals surface area contributed by atoms with Gasteiger partial charge in [-0.3, -0.25) is 9.78 Å². The number of carbonyl (C=O) groups is 1. The van der Waals surface area contributed by atoms with Crippen molar-refractivity contribution in [2.45, 2.75) is 18.8 Å². The normalized spacial score (nSPS) is 11.4. The fraction of sp³-hybridized carbons (Fsp3) is 0.129. The first-order chi connectivity index (χ1) is 21.1. The van der Waals surface area contributed by atoms with Gasteiger partial charge in [0.15, 0.2) is 11.7 Å². The molecule has 7 aromatic rings. The highest BCUT2D eigenvalue weighted by molar-refractivity contribution is 7.99. The summed E-state index contributed by atoms with van der Waals surface area (Å²) in [4.78, 5) is 22.7. The molecule has 0 aliphatic rings. The lowest BCUT2D eigenvalue weighted by Gasteiger charge is -2.08. The van der Waals surface area contributed by atoms with E-state index >= 15 is 0 Å². The first-order valence-electron chi connectivity index (χ1n) is 13.4. The molecule has 0 fully saturated rings. The summed E-state index contributed by atoms with van der Waals surface area (Å²) < 4.78 is 19.5. The number of nitrogens with zero attached hydrogens (tertiary/aromatic N) is 4. The number of benzene rings is 3. The molecule has 9 nitrogen and oxygen atoms in total. The van der Waals surface area contributed by atoms with Crippen molar-refractivity contribution in [3.05, 3.63) is 84.9 Å². The zero-order valence-corrected chi connectivity index (χ0v) is 25.2. The average molecular weight is 626 g/mol. The van der Waals surface area contributed by atoms with E-state index in [1.807, 2.05) is 43.3 Å². The number of thiophene rings is 1.